The molecule has 0 aromatic carbocycles. The summed E-state index contributed by atoms with van der Waals surface area (Å²) in [6.07, 6.45) is -1.83. The Kier molecular flexibility index (Phi) is 21.6. The molecule has 0 radical (unpaired) electrons. The number of phosphoric acid groups is 1. The second-order valence-electron chi connectivity index (χ2n) is 0.751. The molecule has 11 heavy (non-hydrogen) atoms. The fourth-order valence-corrected chi connectivity index (χ4v) is 0. The Morgan fingerprint density at radius 1 is 1.27 bits per heavy atom. The van der Waals surface area contributed by atoms with Gasteiger partial charge in [0, 0.05) is 0 Å². The molecular formula is CH4LaO8P. The fourth-order valence-electron chi connectivity index (χ4n) is 0. The Bertz CT molecular complexity index is 114. The number of carbonyl (C=O) groups is 1. The van der Waals surface area contributed by atoms with E-state index in [1.54, 1.807) is 0 Å². The van der Waals surface area contributed by atoms with Crippen molar-refractivity contribution in [3.05, 3.63) is 0 Å². The summed E-state index contributed by atoms with van der Waals surface area (Å²) in [5.41, 5.74) is 0. The molecule has 0 atom stereocenters. The number of hydrogen-bond donors (Lipinski definition) is 3. The predicted molar refractivity (Wildman–Crippen MR) is 22.4 cm³/mol. The first-order valence-electron chi connectivity index (χ1n) is 1.40. The summed E-state index contributed by atoms with van der Waals surface area (Å²) in [7, 11) is -5.14. The van der Waals surface area contributed by atoms with Gasteiger partial charge in [0.15, 0.2) is 0 Å². The third kappa shape index (κ3) is 2680. The van der Waals surface area contributed by atoms with E-state index in [4.69, 9.17) is 34.3 Å². The Morgan fingerprint density at radius 2 is 1.27 bits per heavy atom. The molecule has 0 heterocycles. The largest absolute Gasteiger partial charge is 3.00 e. The third-order valence-electron chi connectivity index (χ3n) is 0. The van der Waals surface area contributed by atoms with Gasteiger partial charge in [-0.05, 0) is 0 Å². The monoisotopic (exact) mass is 314 g/mol. The summed E-state index contributed by atoms with van der Waals surface area (Å²) in [4.78, 5) is 32.8. The summed E-state index contributed by atoms with van der Waals surface area (Å²) in [6, 6.07) is 0. The fraction of sp³-hybridized carbons (Fsp3) is 0. The molecular weight excluding hydrogens is 310 g/mol. The zero-order chi connectivity index (χ0) is 8.08. The molecule has 64 valence electrons. The Labute approximate surface area is 89.0 Å². The zero-order valence-corrected chi connectivity index (χ0v) is 9.47. The van der Waals surface area contributed by atoms with Gasteiger partial charge in [-0.25, -0.2) is 4.79 Å². The van der Waals surface area contributed by atoms with Crippen molar-refractivity contribution >= 4 is 14.0 Å². The number of rotatable bonds is 0. The zero-order valence-electron chi connectivity index (χ0n) is 4.95. The quantitative estimate of drug-likeness (QED) is 0.425. The van der Waals surface area contributed by atoms with Gasteiger partial charge in [-0.3, -0.25) is 0 Å². The standard InChI is InChI=1S/CH2O3.La.H3O4P.H2O/c2-1(3)4;;1-5(2,3)4;/h(H2,2,3,4);;(H3,1,2,3,4);1H2/q;+3;;/p-3. The van der Waals surface area contributed by atoms with Crippen molar-refractivity contribution in [1.82, 2.24) is 0 Å². The van der Waals surface area contributed by atoms with Gasteiger partial charge in [0.05, 0.1) is 7.82 Å². The maximum absolute atomic E-state index is 8.66. The molecule has 0 fully saturated rings. The molecule has 0 rings (SSSR count). The van der Waals surface area contributed by atoms with Crippen molar-refractivity contribution in [3.8, 4) is 0 Å². The minimum atomic E-state index is -5.14. The van der Waals surface area contributed by atoms with E-state index in [1.165, 1.54) is 0 Å². The van der Waals surface area contributed by atoms with Gasteiger partial charge < -0.3 is 34.9 Å². The second kappa shape index (κ2) is 10.5. The Balaban J connectivity index is -0.0000000383. The molecule has 0 aliphatic heterocycles. The first-order valence-corrected chi connectivity index (χ1v) is 2.89. The van der Waals surface area contributed by atoms with E-state index < -0.39 is 14.0 Å². The van der Waals surface area contributed by atoms with Crippen LogP contribution in [-0.4, -0.2) is 26.7 Å². The van der Waals surface area contributed by atoms with Crippen molar-refractivity contribution in [2.24, 2.45) is 0 Å². The molecule has 10 heteroatoms. The Morgan fingerprint density at radius 3 is 1.27 bits per heavy atom. The van der Waals surface area contributed by atoms with Crippen LogP contribution in [0.25, 0.3) is 0 Å². The van der Waals surface area contributed by atoms with Gasteiger partial charge in [-0.1, -0.05) is 0 Å². The normalized spacial score (nSPS) is 7.55. The van der Waals surface area contributed by atoms with Gasteiger partial charge in [-0.2, -0.15) is 0 Å². The smallest absolute Gasteiger partial charge is 0.870 e. The SMILES string of the molecule is O=C(O)O.O=P([O-])([O-])O.[La+3].[OH-]. The van der Waals surface area contributed by atoms with E-state index in [0.717, 1.165) is 0 Å². The molecule has 0 amide bonds. The minimum absolute atomic E-state index is 0. The molecule has 0 saturated heterocycles. The molecule has 8 nitrogen and oxygen atoms in total. The minimum Gasteiger partial charge on any atom is -0.870 e. The van der Waals surface area contributed by atoms with Crippen molar-refractivity contribution in [2.45, 2.75) is 0 Å². The summed E-state index contributed by atoms with van der Waals surface area (Å²) >= 11 is 0. The molecule has 0 aliphatic carbocycles. The van der Waals surface area contributed by atoms with Gasteiger partial charge in [0.25, 0.3) is 0 Å². The van der Waals surface area contributed by atoms with Crippen LogP contribution < -0.4 is 9.79 Å². The van der Waals surface area contributed by atoms with Crippen LogP contribution in [0.2, 0.25) is 0 Å². The van der Waals surface area contributed by atoms with Gasteiger partial charge in [0.2, 0.25) is 0 Å². The van der Waals surface area contributed by atoms with Crippen LogP contribution in [0.15, 0.2) is 0 Å². The van der Waals surface area contributed by atoms with Crippen LogP contribution in [0.5, 0.6) is 0 Å². The topological polar surface area (TPSA) is 171 Å². The molecule has 0 aromatic rings. The molecule has 0 unspecified atom stereocenters. The molecule has 0 spiro atoms. The van der Waals surface area contributed by atoms with Crippen LogP contribution in [-0.2, 0) is 4.57 Å². The number of carboxylic acid groups (broad SMARTS) is 2. The average Bonchev–Trinajstić information content (AvgIpc) is 1.19. The predicted octanol–water partition coefficient (Wildman–Crippen LogP) is -2.15. The van der Waals surface area contributed by atoms with E-state index in [2.05, 4.69) is 0 Å². The number of hydrogen-bond acceptors (Lipinski definition) is 5. The average molecular weight is 314 g/mol. The second-order valence-corrected chi connectivity index (χ2v) is 1.69. The van der Waals surface area contributed by atoms with Crippen LogP contribution in [0.4, 0.5) is 4.79 Å². The van der Waals surface area contributed by atoms with Crippen molar-refractivity contribution in [2.75, 3.05) is 0 Å². The van der Waals surface area contributed by atoms with Gasteiger partial charge >= 0.3 is 41.8 Å². The van der Waals surface area contributed by atoms with Crippen molar-refractivity contribution < 1.29 is 75.3 Å². The van der Waals surface area contributed by atoms with Gasteiger partial charge in [-0.15, -0.1) is 0 Å². The maximum Gasteiger partial charge on any atom is 3.00 e. The summed E-state index contributed by atoms with van der Waals surface area (Å²) < 4.78 is 8.66. The van der Waals surface area contributed by atoms with E-state index in [0.29, 0.717) is 0 Å². The molecule has 0 saturated carbocycles. The van der Waals surface area contributed by atoms with Crippen molar-refractivity contribution in [3.63, 3.8) is 0 Å². The molecule has 0 aromatic heterocycles. The summed E-state index contributed by atoms with van der Waals surface area (Å²) in [6.45, 7) is 0. The first-order chi connectivity index (χ1) is 3.73. The molecule has 0 aliphatic rings. The third-order valence-corrected chi connectivity index (χ3v) is 0. The van der Waals surface area contributed by atoms with E-state index >= 15 is 0 Å². The van der Waals surface area contributed by atoms with E-state index in [-0.39, 0.29) is 41.1 Å². The van der Waals surface area contributed by atoms with Gasteiger partial charge in [0.1, 0.15) is 0 Å². The van der Waals surface area contributed by atoms with E-state index in [9.17, 15) is 0 Å². The van der Waals surface area contributed by atoms with Crippen LogP contribution in [0, 0.1) is 35.6 Å². The van der Waals surface area contributed by atoms with E-state index in [1.807, 2.05) is 0 Å². The maximum atomic E-state index is 8.66. The van der Waals surface area contributed by atoms with Crippen molar-refractivity contribution in [1.29, 1.82) is 0 Å². The summed E-state index contributed by atoms with van der Waals surface area (Å²) in [5, 5.41) is 13.9. The van der Waals surface area contributed by atoms with Crippen LogP contribution >= 0.6 is 7.82 Å². The molecule has 0 bridgehead atoms. The van der Waals surface area contributed by atoms with Crippen LogP contribution in [0.1, 0.15) is 0 Å². The molecule has 4 N–H and O–H groups in total. The first kappa shape index (κ1) is 22.5. The summed E-state index contributed by atoms with van der Waals surface area (Å²) in [5.74, 6) is 0. The Hall–Kier alpha value is 0.535. The van der Waals surface area contributed by atoms with Crippen LogP contribution in [0.3, 0.4) is 0 Å².